The Bertz CT molecular complexity index is 933. The molecule has 8 heteroatoms. The summed E-state index contributed by atoms with van der Waals surface area (Å²) >= 11 is 0. The highest BCUT2D eigenvalue weighted by Gasteiger charge is 2.25. The summed E-state index contributed by atoms with van der Waals surface area (Å²) < 4.78 is 10.9. The highest BCUT2D eigenvalue weighted by atomic mass is 16.5. The highest BCUT2D eigenvalue weighted by Crippen LogP contribution is 2.28. The molecular formula is C24H30N2O6. The summed E-state index contributed by atoms with van der Waals surface area (Å²) in [6, 6.07) is 9.55. The number of nitrogens with zero attached hydrogens (tertiary/aromatic N) is 1. The molecule has 1 fully saturated rings. The van der Waals surface area contributed by atoms with Crippen LogP contribution < -0.4 is 14.8 Å². The van der Waals surface area contributed by atoms with Gasteiger partial charge in [-0.05, 0) is 56.0 Å². The van der Waals surface area contributed by atoms with Gasteiger partial charge >= 0.3 is 0 Å². The van der Waals surface area contributed by atoms with Gasteiger partial charge in [0.1, 0.15) is 11.5 Å². The van der Waals surface area contributed by atoms with Gasteiger partial charge in [0.25, 0.3) is 5.91 Å². The van der Waals surface area contributed by atoms with E-state index in [1.54, 1.807) is 12.0 Å². The molecule has 0 bridgehead atoms. The van der Waals surface area contributed by atoms with Crippen LogP contribution in [0.25, 0.3) is 0 Å². The van der Waals surface area contributed by atoms with Crippen LogP contribution in [0.15, 0.2) is 36.4 Å². The molecule has 1 aliphatic rings. The lowest BCUT2D eigenvalue weighted by Gasteiger charge is -2.32. The number of aromatic hydroxyl groups is 2. The number of aryl methyl sites for hydroxylation is 1. The maximum Gasteiger partial charge on any atom is 0.254 e. The first-order chi connectivity index (χ1) is 15.4. The molecule has 172 valence electrons. The third-order valence-electron chi connectivity index (χ3n) is 5.47. The molecule has 0 atom stereocenters. The predicted molar refractivity (Wildman–Crippen MR) is 119 cm³/mol. The lowest BCUT2D eigenvalue weighted by atomic mass is 10.0. The van der Waals surface area contributed by atoms with Gasteiger partial charge in [-0.1, -0.05) is 6.07 Å². The summed E-state index contributed by atoms with van der Waals surface area (Å²) in [5.41, 5.74) is 1.24. The molecule has 2 amide bonds. The van der Waals surface area contributed by atoms with Crippen LogP contribution in [-0.4, -0.2) is 59.8 Å². The van der Waals surface area contributed by atoms with Crippen LogP contribution in [0.5, 0.6) is 23.0 Å². The molecule has 1 saturated heterocycles. The van der Waals surface area contributed by atoms with Crippen molar-refractivity contribution in [1.29, 1.82) is 0 Å². The van der Waals surface area contributed by atoms with E-state index >= 15 is 0 Å². The van der Waals surface area contributed by atoms with Crippen LogP contribution in [-0.2, 0) is 11.2 Å². The Hall–Kier alpha value is -3.42. The van der Waals surface area contributed by atoms with Crippen molar-refractivity contribution in [1.82, 2.24) is 10.2 Å². The van der Waals surface area contributed by atoms with E-state index in [1.165, 1.54) is 18.2 Å². The molecule has 2 aromatic rings. The molecule has 3 N–H and O–H groups in total. The van der Waals surface area contributed by atoms with Crippen molar-refractivity contribution in [2.45, 2.75) is 38.6 Å². The monoisotopic (exact) mass is 442 g/mol. The van der Waals surface area contributed by atoms with Gasteiger partial charge in [-0.2, -0.15) is 0 Å². The van der Waals surface area contributed by atoms with Crippen LogP contribution in [0.2, 0.25) is 0 Å². The number of carbonyl (C=O) groups is 2. The summed E-state index contributed by atoms with van der Waals surface area (Å²) in [4.78, 5) is 26.7. The first-order valence-electron chi connectivity index (χ1n) is 10.8. The van der Waals surface area contributed by atoms with Gasteiger partial charge < -0.3 is 29.9 Å². The number of ether oxygens (including phenoxy) is 2. The zero-order valence-corrected chi connectivity index (χ0v) is 18.5. The molecule has 1 aliphatic heterocycles. The maximum absolute atomic E-state index is 12.6. The molecule has 8 nitrogen and oxygen atoms in total. The average Bonchev–Trinajstić information content (AvgIpc) is 2.78. The van der Waals surface area contributed by atoms with Crippen molar-refractivity contribution >= 4 is 11.8 Å². The third-order valence-corrected chi connectivity index (χ3v) is 5.47. The maximum atomic E-state index is 12.6. The van der Waals surface area contributed by atoms with Gasteiger partial charge in [0.15, 0.2) is 11.5 Å². The number of methoxy groups -OCH3 is 1. The number of nitrogens with one attached hydrogen (secondary N) is 1. The SMILES string of the molecule is CCOc1ccc(CCC(=O)NC2CCN(C(=O)c3cc(O)cc(O)c3)CC2)cc1OC. The minimum atomic E-state index is -0.245. The first-order valence-corrected chi connectivity index (χ1v) is 10.8. The Labute approximate surface area is 187 Å². The van der Waals surface area contributed by atoms with E-state index in [1.807, 2.05) is 25.1 Å². The number of likely N-dealkylation sites (tertiary alicyclic amines) is 1. The number of hydrogen-bond donors (Lipinski definition) is 3. The topological polar surface area (TPSA) is 108 Å². The van der Waals surface area contributed by atoms with Crippen molar-refractivity contribution in [3.63, 3.8) is 0 Å². The van der Waals surface area contributed by atoms with Crippen molar-refractivity contribution in [3.05, 3.63) is 47.5 Å². The number of carbonyl (C=O) groups excluding carboxylic acids is 2. The highest BCUT2D eigenvalue weighted by molar-refractivity contribution is 5.95. The van der Waals surface area contributed by atoms with Gasteiger partial charge in [0.2, 0.25) is 5.91 Å². The van der Waals surface area contributed by atoms with Crippen LogP contribution in [0, 0.1) is 0 Å². The largest absolute Gasteiger partial charge is 0.508 e. The van der Waals surface area contributed by atoms with Gasteiger partial charge in [-0.3, -0.25) is 9.59 Å². The van der Waals surface area contributed by atoms with Crippen LogP contribution >= 0.6 is 0 Å². The lowest BCUT2D eigenvalue weighted by molar-refractivity contribution is -0.122. The Balaban J connectivity index is 1.46. The fourth-order valence-corrected chi connectivity index (χ4v) is 3.83. The van der Waals surface area contributed by atoms with E-state index in [0.29, 0.717) is 56.9 Å². The Morgan fingerprint density at radius 2 is 1.75 bits per heavy atom. The second kappa shape index (κ2) is 10.7. The van der Waals surface area contributed by atoms with Crippen molar-refractivity contribution < 1.29 is 29.3 Å². The van der Waals surface area contributed by atoms with E-state index in [-0.39, 0.29) is 34.9 Å². The number of phenols is 2. The van der Waals surface area contributed by atoms with E-state index in [4.69, 9.17) is 9.47 Å². The molecule has 32 heavy (non-hydrogen) atoms. The van der Waals surface area contributed by atoms with Gasteiger partial charge in [-0.25, -0.2) is 0 Å². The number of phenolic OH excluding ortho intramolecular Hbond substituents is 2. The summed E-state index contributed by atoms with van der Waals surface area (Å²) in [5, 5.41) is 22.2. The Morgan fingerprint density at radius 3 is 2.38 bits per heavy atom. The molecule has 3 rings (SSSR count). The van der Waals surface area contributed by atoms with Crippen LogP contribution in [0.3, 0.4) is 0 Å². The molecule has 0 unspecified atom stereocenters. The van der Waals surface area contributed by atoms with E-state index in [9.17, 15) is 19.8 Å². The smallest absolute Gasteiger partial charge is 0.254 e. The molecule has 0 aromatic heterocycles. The summed E-state index contributed by atoms with van der Waals surface area (Å²) in [7, 11) is 1.59. The summed E-state index contributed by atoms with van der Waals surface area (Å²) in [6.45, 7) is 3.46. The summed E-state index contributed by atoms with van der Waals surface area (Å²) in [5.74, 6) is 0.763. The molecule has 0 radical (unpaired) electrons. The molecule has 0 saturated carbocycles. The van der Waals surface area contributed by atoms with Crippen molar-refractivity contribution in [2.75, 3.05) is 26.8 Å². The second-order valence-corrected chi connectivity index (χ2v) is 7.79. The summed E-state index contributed by atoms with van der Waals surface area (Å²) in [6.07, 6.45) is 2.25. The Kier molecular flexibility index (Phi) is 7.81. The number of amides is 2. The molecule has 2 aromatic carbocycles. The second-order valence-electron chi connectivity index (χ2n) is 7.79. The quantitative estimate of drug-likeness (QED) is 0.580. The predicted octanol–water partition coefficient (Wildman–Crippen LogP) is 2.86. The van der Waals surface area contributed by atoms with Crippen molar-refractivity contribution in [3.8, 4) is 23.0 Å². The normalized spacial score (nSPS) is 14.1. The van der Waals surface area contributed by atoms with E-state index in [0.717, 1.165) is 5.56 Å². The van der Waals surface area contributed by atoms with E-state index in [2.05, 4.69) is 5.32 Å². The van der Waals surface area contributed by atoms with Gasteiger partial charge in [0, 0.05) is 37.2 Å². The van der Waals surface area contributed by atoms with Gasteiger partial charge in [-0.15, -0.1) is 0 Å². The average molecular weight is 443 g/mol. The van der Waals surface area contributed by atoms with Crippen LogP contribution in [0.1, 0.15) is 42.1 Å². The van der Waals surface area contributed by atoms with Crippen LogP contribution in [0.4, 0.5) is 0 Å². The minimum Gasteiger partial charge on any atom is -0.508 e. The molecule has 0 spiro atoms. The molecular weight excluding hydrogens is 412 g/mol. The fourth-order valence-electron chi connectivity index (χ4n) is 3.83. The number of benzene rings is 2. The number of rotatable bonds is 8. The zero-order chi connectivity index (χ0) is 23.1. The first kappa shape index (κ1) is 23.2. The third kappa shape index (κ3) is 6.06. The van der Waals surface area contributed by atoms with Gasteiger partial charge in [0.05, 0.1) is 13.7 Å². The molecule has 1 heterocycles. The number of hydrogen-bond acceptors (Lipinski definition) is 6. The zero-order valence-electron chi connectivity index (χ0n) is 18.5. The lowest BCUT2D eigenvalue weighted by Crippen LogP contribution is -2.46. The van der Waals surface area contributed by atoms with Crippen molar-refractivity contribution in [2.24, 2.45) is 0 Å². The fraction of sp³-hybridized carbons (Fsp3) is 0.417. The Morgan fingerprint density at radius 1 is 1.06 bits per heavy atom. The minimum absolute atomic E-state index is 0.0130. The number of piperidine rings is 1. The standard InChI is InChI=1S/C24H30N2O6/c1-3-32-21-6-4-16(12-22(21)31-2)5-7-23(29)25-18-8-10-26(11-9-18)24(30)17-13-19(27)15-20(28)14-17/h4,6,12-15,18,27-28H,3,5,7-11H2,1-2H3,(H,25,29). The molecule has 0 aliphatic carbocycles. The van der Waals surface area contributed by atoms with E-state index < -0.39 is 0 Å².